The Hall–Kier alpha value is -2.91. The molecule has 152 valence electrons. The van der Waals surface area contributed by atoms with Gasteiger partial charge in [0.25, 0.3) is 15.9 Å². The summed E-state index contributed by atoms with van der Waals surface area (Å²) in [6.45, 7) is 3.65. The number of aryl methyl sites for hydroxylation is 1. The van der Waals surface area contributed by atoms with E-state index in [-0.39, 0.29) is 17.4 Å². The number of carbonyl (C=O) groups excluding carboxylic acids is 1. The van der Waals surface area contributed by atoms with Gasteiger partial charge in [0.15, 0.2) is 5.65 Å². The average molecular weight is 414 g/mol. The number of rotatable bonds is 4. The lowest BCUT2D eigenvalue weighted by atomic mass is 9.97. The number of benzene rings is 1. The van der Waals surface area contributed by atoms with Gasteiger partial charge < -0.3 is 15.0 Å². The molecule has 0 aliphatic carbocycles. The predicted octanol–water partition coefficient (Wildman–Crippen LogP) is 2.38. The highest BCUT2D eigenvalue weighted by Crippen LogP contribution is 2.40. The van der Waals surface area contributed by atoms with E-state index in [1.807, 2.05) is 0 Å². The number of nitrogens with one attached hydrogen (secondary N) is 1. The van der Waals surface area contributed by atoms with Crippen molar-refractivity contribution in [3.8, 4) is 0 Å². The van der Waals surface area contributed by atoms with E-state index in [4.69, 9.17) is 4.74 Å². The van der Waals surface area contributed by atoms with Crippen LogP contribution >= 0.6 is 0 Å². The van der Waals surface area contributed by atoms with Gasteiger partial charge in [-0.2, -0.15) is 0 Å². The smallest absolute Gasteiger partial charge is 0.269 e. The Kier molecular flexibility index (Phi) is 4.39. The maximum atomic E-state index is 13.3. The highest BCUT2D eigenvalue weighted by molar-refractivity contribution is 7.90. The zero-order valence-electron chi connectivity index (χ0n) is 16.6. The zero-order chi connectivity index (χ0) is 21.0. The average Bonchev–Trinajstić information content (AvgIpc) is 3.04. The van der Waals surface area contributed by atoms with Gasteiger partial charge in [-0.1, -0.05) is 18.2 Å². The first-order valence-electron chi connectivity index (χ1n) is 9.07. The van der Waals surface area contributed by atoms with Gasteiger partial charge in [-0.3, -0.25) is 4.79 Å². The Balaban J connectivity index is 1.96. The number of anilines is 2. The summed E-state index contributed by atoms with van der Waals surface area (Å²) in [5, 5.41) is 3.89. The summed E-state index contributed by atoms with van der Waals surface area (Å²) in [6.07, 6.45) is 1.52. The number of ether oxygens (including phenoxy) is 1. The summed E-state index contributed by atoms with van der Waals surface area (Å²) < 4.78 is 33.0. The molecule has 1 atom stereocenters. The molecule has 1 unspecified atom stereocenters. The van der Waals surface area contributed by atoms with Crippen LogP contribution in [-0.2, 0) is 19.6 Å². The number of likely N-dealkylation sites (N-methyl/N-ethyl adjacent to an activating group) is 1. The number of hydrogen-bond acceptors (Lipinski definition) is 6. The quantitative estimate of drug-likeness (QED) is 0.705. The molecule has 0 fully saturated rings. The third-order valence-corrected chi connectivity index (χ3v) is 7.00. The largest absolute Gasteiger partial charge is 0.382 e. The van der Waals surface area contributed by atoms with E-state index in [0.717, 1.165) is 0 Å². The minimum absolute atomic E-state index is 0.152. The molecule has 29 heavy (non-hydrogen) atoms. The Labute approximate surface area is 169 Å². The number of pyridine rings is 1. The summed E-state index contributed by atoms with van der Waals surface area (Å²) >= 11 is 0. The standard InChI is InChI=1S/C20H22N4O4S/c1-13-10-15-17-16(23(3)19(25)20(2,22-17)12-28-4)11-21-18(15)24(13)29(26,27)14-8-6-5-7-9-14/h5-11,22H,12H2,1-4H3. The summed E-state index contributed by atoms with van der Waals surface area (Å²) in [4.78, 5) is 18.9. The second kappa shape index (κ2) is 6.57. The van der Waals surface area contributed by atoms with E-state index >= 15 is 0 Å². The first-order chi connectivity index (χ1) is 13.7. The van der Waals surface area contributed by atoms with Crippen molar-refractivity contribution in [3.05, 3.63) is 48.3 Å². The molecule has 0 bridgehead atoms. The maximum Gasteiger partial charge on any atom is 0.269 e. The van der Waals surface area contributed by atoms with Crippen molar-refractivity contribution in [2.24, 2.45) is 0 Å². The summed E-state index contributed by atoms with van der Waals surface area (Å²) in [6, 6.07) is 10.0. The summed E-state index contributed by atoms with van der Waals surface area (Å²) in [5.74, 6) is -0.152. The molecule has 1 aliphatic rings. The third-order valence-electron chi connectivity index (χ3n) is 5.19. The highest BCUT2D eigenvalue weighted by Gasteiger charge is 2.42. The van der Waals surface area contributed by atoms with Crippen molar-refractivity contribution in [1.29, 1.82) is 0 Å². The number of hydrogen-bond donors (Lipinski definition) is 1. The van der Waals surface area contributed by atoms with Crippen molar-refractivity contribution in [3.63, 3.8) is 0 Å². The molecule has 3 aromatic rings. The van der Waals surface area contributed by atoms with Gasteiger partial charge in [-0.25, -0.2) is 17.4 Å². The predicted molar refractivity (Wildman–Crippen MR) is 111 cm³/mol. The van der Waals surface area contributed by atoms with Crippen LogP contribution in [0.4, 0.5) is 11.4 Å². The van der Waals surface area contributed by atoms with Crippen LogP contribution < -0.4 is 10.2 Å². The van der Waals surface area contributed by atoms with Crippen LogP contribution in [0.15, 0.2) is 47.5 Å². The normalized spacial score (nSPS) is 19.3. The van der Waals surface area contributed by atoms with Crippen LogP contribution in [0.2, 0.25) is 0 Å². The fourth-order valence-corrected chi connectivity index (χ4v) is 5.34. The van der Waals surface area contributed by atoms with Crippen molar-refractivity contribution in [2.45, 2.75) is 24.3 Å². The van der Waals surface area contributed by atoms with Gasteiger partial charge in [-0.15, -0.1) is 0 Å². The molecule has 9 heteroatoms. The van der Waals surface area contributed by atoms with Crippen molar-refractivity contribution in [1.82, 2.24) is 8.96 Å². The minimum Gasteiger partial charge on any atom is -0.382 e. The van der Waals surface area contributed by atoms with Crippen LogP contribution in [0.1, 0.15) is 12.6 Å². The van der Waals surface area contributed by atoms with Gasteiger partial charge in [0.1, 0.15) is 5.54 Å². The van der Waals surface area contributed by atoms with Crippen LogP contribution in [0.5, 0.6) is 0 Å². The molecule has 1 amide bonds. The first kappa shape index (κ1) is 19.4. The van der Waals surface area contributed by atoms with Crippen LogP contribution in [-0.4, -0.2) is 49.6 Å². The Morgan fingerprint density at radius 3 is 2.59 bits per heavy atom. The number of aromatic nitrogens is 2. The van der Waals surface area contributed by atoms with Crippen LogP contribution in [0.25, 0.3) is 11.0 Å². The SMILES string of the molecule is COCC1(C)Nc2c(cnc3c2cc(C)n3S(=O)(=O)c2ccccc2)N(C)C1=O. The topological polar surface area (TPSA) is 93.5 Å². The van der Waals surface area contributed by atoms with Gasteiger partial charge in [0, 0.05) is 25.2 Å². The van der Waals surface area contributed by atoms with Crippen molar-refractivity contribution in [2.75, 3.05) is 31.0 Å². The molecule has 4 rings (SSSR count). The fraction of sp³-hybridized carbons (Fsp3) is 0.300. The lowest BCUT2D eigenvalue weighted by molar-refractivity contribution is -0.124. The van der Waals surface area contributed by atoms with Crippen LogP contribution in [0, 0.1) is 6.92 Å². The van der Waals surface area contributed by atoms with E-state index in [2.05, 4.69) is 10.3 Å². The van der Waals surface area contributed by atoms with E-state index < -0.39 is 15.6 Å². The highest BCUT2D eigenvalue weighted by atomic mass is 32.2. The van der Waals surface area contributed by atoms with Crippen molar-refractivity contribution < 1.29 is 17.9 Å². The van der Waals surface area contributed by atoms with Gasteiger partial charge >= 0.3 is 0 Å². The number of nitrogens with zero attached hydrogens (tertiary/aromatic N) is 3. The van der Waals surface area contributed by atoms with Crippen LogP contribution in [0.3, 0.4) is 0 Å². The molecule has 0 radical (unpaired) electrons. The molecule has 3 heterocycles. The van der Waals surface area contributed by atoms with E-state index in [9.17, 15) is 13.2 Å². The molecule has 1 aliphatic heterocycles. The molecule has 0 saturated carbocycles. The van der Waals surface area contributed by atoms with Crippen molar-refractivity contribution >= 4 is 38.3 Å². The summed E-state index contributed by atoms with van der Waals surface area (Å²) in [7, 11) is -0.614. The first-order valence-corrected chi connectivity index (χ1v) is 10.5. The number of methoxy groups -OCH3 is 1. The minimum atomic E-state index is -3.82. The monoisotopic (exact) mass is 414 g/mol. The maximum absolute atomic E-state index is 13.3. The Bertz CT molecular complexity index is 1220. The molecule has 8 nitrogen and oxygen atoms in total. The fourth-order valence-electron chi connectivity index (χ4n) is 3.82. The number of fused-ring (bicyclic) bond motifs is 3. The lowest BCUT2D eigenvalue weighted by Crippen LogP contribution is -2.57. The van der Waals surface area contributed by atoms with Gasteiger partial charge in [0.05, 0.1) is 29.1 Å². The summed E-state index contributed by atoms with van der Waals surface area (Å²) in [5.41, 5.74) is 1.10. The molecule has 2 aromatic heterocycles. The van der Waals surface area contributed by atoms with E-state index in [0.29, 0.717) is 28.1 Å². The lowest BCUT2D eigenvalue weighted by Gasteiger charge is -2.39. The molecule has 1 N–H and O–H groups in total. The Morgan fingerprint density at radius 1 is 1.24 bits per heavy atom. The molecular formula is C20H22N4O4S. The second-order valence-corrected chi connectivity index (χ2v) is 9.16. The van der Waals surface area contributed by atoms with E-state index in [1.165, 1.54) is 22.2 Å². The van der Waals surface area contributed by atoms with Gasteiger partial charge in [0.2, 0.25) is 0 Å². The van der Waals surface area contributed by atoms with E-state index in [1.54, 1.807) is 57.3 Å². The number of carbonyl (C=O) groups is 1. The van der Waals surface area contributed by atoms with Gasteiger partial charge in [-0.05, 0) is 32.0 Å². The second-order valence-electron chi connectivity index (χ2n) is 7.38. The number of amides is 1. The Morgan fingerprint density at radius 2 is 1.93 bits per heavy atom. The molecule has 0 spiro atoms. The molecule has 1 aromatic carbocycles. The molecular weight excluding hydrogens is 392 g/mol. The zero-order valence-corrected chi connectivity index (χ0v) is 17.4. The third kappa shape index (κ3) is 2.80. The molecule has 0 saturated heterocycles.